The molecule has 0 aromatic carbocycles. The van der Waals surface area contributed by atoms with E-state index in [4.69, 9.17) is 0 Å². The third kappa shape index (κ3) is 4.41. The number of hydrogen-bond donors (Lipinski definition) is 1. The van der Waals surface area contributed by atoms with Gasteiger partial charge in [0.2, 0.25) is 0 Å². The summed E-state index contributed by atoms with van der Waals surface area (Å²) in [4.78, 5) is 11.4. The first kappa shape index (κ1) is 12.0. The summed E-state index contributed by atoms with van der Waals surface area (Å²) >= 11 is 3.93. The molecule has 1 rings (SSSR count). The van der Waals surface area contributed by atoms with E-state index in [9.17, 15) is 4.79 Å². The van der Waals surface area contributed by atoms with Crippen LogP contribution in [0.2, 0.25) is 0 Å². The van der Waals surface area contributed by atoms with Crippen molar-refractivity contribution in [2.45, 2.75) is 19.3 Å². The molecule has 0 aliphatic heterocycles. The molecule has 0 unspecified atom stereocenters. The maximum Gasteiger partial charge on any atom is 0.252 e. The number of nitrogens with one attached hydrogen (secondary N) is 1. The molecule has 0 saturated heterocycles. The van der Waals surface area contributed by atoms with Gasteiger partial charge in [-0.05, 0) is 28.7 Å². The summed E-state index contributed by atoms with van der Waals surface area (Å²) in [6.45, 7) is 0.797. The average molecular weight is 323 g/mol. The molecule has 0 spiro atoms. The van der Waals surface area contributed by atoms with Crippen LogP contribution in [0.1, 0.15) is 29.6 Å². The minimum absolute atomic E-state index is 0.0562. The lowest BCUT2D eigenvalue weighted by atomic mass is 10.2. The summed E-state index contributed by atoms with van der Waals surface area (Å²) in [5, 5.41) is 6.71. The number of unbranched alkanes of at least 4 members (excludes halogenated alkanes) is 2. The Hall–Kier alpha value is -0.100. The molecule has 1 aromatic rings. The molecule has 1 amide bonds. The van der Waals surface area contributed by atoms with Crippen LogP contribution in [0, 0.1) is 0 Å². The average Bonchev–Trinajstić information content (AvgIpc) is 2.70. The zero-order valence-corrected chi connectivity index (χ0v) is 10.9. The Bertz CT molecular complexity index is 261. The van der Waals surface area contributed by atoms with Crippen molar-refractivity contribution in [3.8, 4) is 0 Å². The molecule has 0 saturated carbocycles. The molecule has 0 fully saturated rings. The smallest absolute Gasteiger partial charge is 0.252 e. The van der Waals surface area contributed by atoms with Crippen LogP contribution >= 0.6 is 33.9 Å². The molecule has 0 radical (unpaired) electrons. The Morgan fingerprint density at radius 3 is 2.93 bits per heavy atom. The Morgan fingerprint density at radius 2 is 2.29 bits per heavy atom. The van der Waals surface area contributed by atoms with Crippen molar-refractivity contribution in [2.75, 3.05) is 11.0 Å². The summed E-state index contributed by atoms with van der Waals surface area (Å²) in [7, 11) is 0. The molecular weight excluding hydrogens is 309 g/mol. The Labute approximate surface area is 102 Å². The predicted molar refractivity (Wildman–Crippen MR) is 69.4 cm³/mol. The molecule has 2 nitrogen and oxygen atoms in total. The third-order valence-electron chi connectivity index (χ3n) is 1.88. The molecule has 78 valence electrons. The number of halogens is 1. The highest BCUT2D eigenvalue weighted by molar-refractivity contribution is 14.1. The van der Waals surface area contributed by atoms with Crippen molar-refractivity contribution < 1.29 is 4.79 Å². The molecule has 1 heterocycles. The first-order valence-electron chi connectivity index (χ1n) is 4.71. The standard InChI is InChI=1S/C10H14INOS/c11-5-2-1-3-6-12-10(13)9-4-7-14-8-9/h4,7-8H,1-3,5-6H2,(H,12,13). The summed E-state index contributed by atoms with van der Waals surface area (Å²) in [6.07, 6.45) is 3.53. The van der Waals surface area contributed by atoms with E-state index in [1.807, 2.05) is 16.8 Å². The second-order valence-corrected chi connectivity index (χ2v) is 4.88. The fraction of sp³-hybridized carbons (Fsp3) is 0.500. The van der Waals surface area contributed by atoms with Crippen molar-refractivity contribution in [3.05, 3.63) is 22.4 Å². The quantitative estimate of drug-likeness (QED) is 0.487. The van der Waals surface area contributed by atoms with Crippen LogP contribution in [-0.4, -0.2) is 16.9 Å². The Kier molecular flexibility index (Phi) is 6.18. The van der Waals surface area contributed by atoms with E-state index in [1.165, 1.54) is 17.3 Å². The second-order valence-electron chi connectivity index (χ2n) is 3.02. The molecule has 0 aliphatic rings. The number of rotatable bonds is 6. The van der Waals surface area contributed by atoms with Gasteiger partial charge in [0.1, 0.15) is 0 Å². The maximum absolute atomic E-state index is 11.4. The molecular formula is C10H14INOS. The predicted octanol–water partition coefficient (Wildman–Crippen LogP) is 3.08. The van der Waals surface area contributed by atoms with Gasteiger partial charge in [-0.3, -0.25) is 4.79 Å². The molecule has 1 N–H and O–H groups in total. The Balaban J connectivity index is 2.10. The van der Waals surface area contributed by atoms with Gasteiger partial charge in [0.15, 0.2) is 0 Å². The normalized spacial score (nSPS) is 10.1. The second kappa shape index (κ2) is 7.23. The van der Waals surface area contributed by atoms with Gasteiger partial charge in [0.05, 0.1) is 0 Å². The lowest BCUT2D eigenvalue weighted by Crippen LogP contribution is -2.23. The van der Waals surface area contributed by atoms with Gasteiger partial charge in [0, 0.05) is 17.5 Å². The van der Waals surface area contributed by atoms with E-state index in [-0.39, 0.29) is 5.91 Å². The van der Waals surface area contributed by atoms with Crippen molar-refractivity contribution >= 4 is 39.8 Å². The highest BCUT2D eigenvalue weighted by atomic mass is 127. The number of thiophene rings is 1. The molecule has 14 heavy (non-hydrogen) atoms. The van der Waals surface area contributed by atoms with E-state index < -0.39 is 0 Å². The Morgan fingerprint density at radius 1 is 1.43 bits per heavy atom. The van der Waals surface area contributed by atoms with Gasteiger partial charge >= 0.3 is 0 Å². The van der Waals surface area contributed by atoms with Crippen molar-refractivity contribution in [1.29, 1.82) is 0 Å². The largest absolute Gasteiger partial charge is 0.352 e. The molecule has 0 aliphatic carbocycles. The van der Waals surface area contributed by atoms with E-state index in [1.54, 1.807) is 11.3 Å². The van der Waals surface area contributed by atoms with Gasteiger partial charge in [-0.15, -0.1) is 0 Å². The summed E-state index contributed by atoms with van der Waals surface area (Å²) in [5.74, 6) is 0.0562. The van der Waals surface area contributed by atoms with Gasteiger partial charge < -0.3 is 5.32 Å². The van der Waals surface area contributed by atoms with Crippen LogP contribution in [0.3, 0.4) is 0 Å². The van der Waals surface area contributed by atoms with E-state index >= 15 is 0 Å². The van der Waals surface area contributed by atoms with Crippen molar-refractivity contribution in [2.24, 2.45) is 0 Å². The molecule has 0 atom stereocenters. The maximum atomic E-state index is 11.4. The van der Waals surface area contributed by atoms with Gasteiger partial charge in [-0.25, -0.2) is 0 Å². The first-order valence-corrected chi connectivity index (χ1v) is 7.18. The molecule has 0 bridgehead atoms. The first-order chi connectivity index (χ1) is 6.84. The van der Waals surface area contributed by atoms with E-state index in [0.29, 0.717) is 0 Å². The van der Waals surface area contributed by atoms with Gasteiger partial charge in [-0.1, -0.05) is 29.0 Å². The zero-order chi connectivity index (χ0) is 10.2. The topological polar surface area (TPSA) is 29.1 Å². The van der Waals surface area contributed by atoms with E-state index in [2.05, 4.69) is 27.9 Å². The number of carbonyl (C=O) groups excluding carboxylic acids is 1. The summed E-state index contributed by atoms with van der Waals surface area (Å²) in [5.41, 5.74) is 0.781. The van der Waals surface area contributed by atoms with Crippen molar-refractivity contribution in [3.63, 3.8) is 0 Å². The third-order valence-corrected chi connectivity index (χ3v) is 3.33. The van der Waals surface area contributed by atoms with Crippen LogP contribution in [0.15, 0.2) is 16.8 Å². The van der Waals surface area contributed by atoms with Crippen LogP contribution in [0.4, 0.5) is 0 Å². The SMILES string of the molecule is O=C(NCCCCCI)c1ccsc1. The van der Waals surface area contributed by atoms with E-state index in [0.717, 1.165) is 18.5 Å². The fourth-order valence-corrected chi connectivity index (χ4v) is 2.27. The van der Waals surface area contributed by atoms with Gasteiger partial charge in [-0.2, -0.15) is 11.3 Å². The minimum atomic E-state index is 0.0562. The lowest BCUT2D eigenvalue weighted by molar-refractivity contribution is 0.0953. The molecule has 4 heteroatoms. The highest BCUT2D eigenvalue weighted by Gasteiger charge is 2.03. The number of hydrogen-bond acceptors (Lipinski definition) is 2. The lowest BCUT2D eigenvalue weighted by Gasteiger charge is -2.02. The summed E-state index contributed by atoms with van der Waals surface area (Å²) in [6, 6.07) is 1.85. The number of amides is 1. The summed E-state index contributed by atoms with van der Waals surface area (Å²) < 4.78 is 1.20. The number of alkyl halides is 1. The highest BCUT2D eigenvalue weighted by Crippen LogP contribution is 2.05. The fourth-order valence-electron chi connectivity index (χ4n) is 1.09. The van der Waals surface area contributed by atoms with Crippen LogP contribution in [0.25, 0.3) is 0 Å². The van der Waals surface area contributed by atoms with Crippen LogP contribution in [0.5, 0.6) is 0 Å². The monoisotopic (exact) mass is 323 g/mol. The van der Waals surface area contributed by atoms with Gasteiger partial charge in [0.25, 0.3) is 5.91 Å². The van der Waals surface area contributed by atoms with Crippen LogP contribution in [-0.2, 0) is 0 Å². The number of carbonyl (C=O) groups is 1. The van der Waals surface area contributed by atoms with Crippen molar-refractivity contribution in [1.82, 2.24) is 5.32 Å². The zero-order valence-electron chi connectivity index (χ0n) is 7.96. The van der Waals surface area contributed by atoms with Crippen LogP contribution < -0.4 is 5.32 Å². The minimum Gasteiger partial charge on any atom is -0.352 e. The molecule has 1 aromatic heterocycles.